The van der Waals surface area contributed by atoms with Gasteiger partial charge in [-0.1, -0.05) is 12.8 Å². The molecule has 4 nitrogen and oxygen atoms in total. The zero-order valence-corrected chi connectivity index (χ0v) is 9.61. The van der Waals surface area contributed by atoms with E-state index in [4.69, 9.17) is 5.73 Å². The lowest BCUT2D eigenvalue weighted by Gasteiger charge is -2.09. The van der Waals surface area contributed by atoms with Gasteiger partial charge in [0.1, 0.15) is 11.5 Å². The largest absolute Gasteiger partial charge is 0.386 e. The minimum absolute atomic E-state index is 0.395. The fourth-order valence-corrected chi connectivity index (χ4v) is 2.10. The highest BCUT2D eigenvalue weighted by molar-refractivity contribution is 6.00. The van der Waals surface area contributed by atoms with Crippen LogP contribution in [0.1, 0.15) is 31.4 Å². The highest BCUT2D eigenvalue weighted by atomic mass is 15.0. The van der Waals surface area contributed by atoms with Gasteiger partial charge < -0.3 is 11.1 Å². The van der Waals surface area contributed by atoms with Gasteiger partial charge in [0.25, 0.3) is 0 Å². The first-order chi connectivity index (χ1) is 7.81. The van der Waals surface area contributed by atoms with Gasteiger partial charge in [-0.2, -0.15) is 0 Å². The van der Waals surface area contributed by atoms with Crippen molar-refractivity contribution in [3.8, 4) is 0 Å². The first kappa shape index (κ1) is 10.9. The molecule has 0 saturated heterocycles. The van der Waals surface area contributed by atoms with E-state index >= 15 is 0 Å². The summed E-state index contributed by atoms with van der Waals surface area (Å²) in [7, 11) is 1.86. The van der Waals surface area contributed by atoms with Gasteiger partial charge in [-0.25, -0.2) is 0 Å². The Morgan fingerprint density at radius 2 is 2.25 bits per heavy atom. The minimum Gasteiger partial charge on any atom is -0.386 e. The lowest BCUT2D eigenvalue weighted by molar-refractivity contribution is 0.705. The zero-order chi connectivity index (χ0) is 11.4. The van der Waals surface area contributed by atoms with E-state index in [0.717, 1.165) is 24.2 Å². The molecule has 0 aliphatic heterocycles. The molecule has 0 unspecified atom stereocenters. The first-order valence-electron chi connectivity index (χ1n) is 5.77. The highest BCUT2D eigenvalue weighted by Crippen LogP contribution is 2.21. The van der Waals surface area contributed by atoms with Gasteiger partial charge in [-0.05, 0) is 25.0 Å². The number of hydrogen-bond donors (Lipinski definition) is 2. The molecule has 16 heavy (non-hydrogen) atoms. The fourth-order valence-electron chi connectivity index (χ4n) is 2.10. The maximum Gasteiger partial charge on any atom is 0.147 e. The summed E-state index contributed by atoms with van der Waals surface area (Å²) >= 11 is 0. The summed E-state index contributed by atoms with van der Waals surface area (Å²) in [5.74, 6) is 0.553. The molecule has 1 aromatic heterocycles. The number of nitrogens with one attached hydrogen (secondary N) is 1. The predicted molar refractivity (Wildman–Crippen MR) is 66.8 cm³/mol. The predicted octanol–water partition coefficient (Wildman–Crippen LogP) is 1.77. The van der Waals surface area contributed by atoms with Gasteiger partial charge in [0.2, 0.25) is 0 Å². The zero-order valence-electron chi connectivity index (χ0n) is 9.61. The third-order valence-electron chi connectivity index (χ3n) is 2.97. The number of nitrogens with two attached hydrogens (primary N) is 1. The normalized spacial score (nSPS) is 17.7. The Bertz CT molecular complexity index is 380. The molecule has 4 heteroatoms. The van der Waals surface area contributed by atoms with Crippen LogP contribution in [0.3, 0.4) is 0 Å². The van der Waals surface area contributed by atoms with Gasteiger partial charge in [-0.15, -0.1) is 0 Å². The Labute approximate surface area is 96.0 Å². The van der Waals surface area contributed by atoms with Gasteiger partial charge in [0.05, 0.1) is 11.7 Å². The lowest BCUT2D eigenvalue weighted by Crippen LogP contribution is -2.19. The molecule has 0 radical (unpaired) electrons. The van der Waals surface area contributed by atoms with Crippen LogP contribution in [0.2, 0.25) is 0 Å². The molecular weight excluding hydrogens is 200 g/mol. The van der Waals surface area contributed by atoms with Gasteiger partial charge in [0.15, 0.2) is 0 Å². The average molecular weight is 218 g/mol. The minimum atomic E-state index is 0.395. The maximum absolute atomic E-state index is 6.00. The van der Waals surface area contributed by atoms with Crippen LogP contribution >= 0.6 is 0 Å². The van der Waals surface area contributed by atoms with Crippen molar-refractivity contribution < 1.29 is 0 Å². The van der Waals surface area contributed by atoms with E-state index in [9.17, 15) is 0 Å². The van der Waals surface area contributed by atoms with Crippen LogP contribution in [0.4, 0.5) is 5.69 Å². The molecule has 0 bridgehead atoms. The molecule has 1 saturated carbocycles. The number of anilines is 1. The molecule has 0 spiro atoms. The van der Waals surface area contributed by atoms with Crippen LogP contribution in [0, 0.1) is 0 Å². The Kier molecular flexibility index (Phi) is 3.39. The third kappa shape index (κ3) is 2.32. The topological polar surface area (TPSA) is 63.3 Å². The Morgan fingerprint density at radius 1 is 1.50 bits per heavy atom. The number of aliphatic imine (C=N–C) groups is 1. The first-order valence-corrected chi connectivity index (χ1v) is 5.77. The summed E-state index contributed by atoms with van der Waals surface area (Å²) in [6, 6.07) is 4.24. The van der Waals surface area contributed by atoms with Crippen LogP contribution in [0.5, 0.6) is 0 Å². The number of rotatable bonds is 3. The molecule has 2 rings (SSSR count). The van der Waals surface area contributed by atoms with E-state index in [1.54, 1.807) is 6.20 Å². The van der Waals surface area contributed by atoms with Crippen molar-refractivity contribution in [2.24, 2.45) is 10.7 Å². The van der Waals surface area contributed by atoms with Crippen LogP contribution < -0.4 is 11.1 Å². The summed E-state index contributed by atoms with van der Waals surface area (Å²) in [6.07, 6.45) is 6.59. The van der Waals surface area contributed by atoms with Crippen molar-refractivity contribution in [2.75, 3.05) is 12.4 Å². The summed E-state index contributed by atoms with van der Waals surface area (Å²) in [5.41, 5.74) is 7.69. The molecule has 0 amide bonds. The average Bonchev–Trinajstić information content (AvgIpc) is 2.81. The van der Waals surface area contributed by atoms with Crippen LogP contribution in [0.25, 0.3) is 0 Å². The lowest BCUT2D eigenvalue weighted by atomic mass is 10.2. The van der Waals surface area contributed by atoms with Crippen molar-refractivity contribution in [1.29, 1.82) is 0 Å². The van der Waals surface area contributed by atoms with Crippen molar-refractivity contribution in [2.45, 2.75) is 31.7 Å². The van der Waals surface area contributed by atoms with Crippen LogP contribution in [0.15, 0.2) is 23.3 Å². The van der Waals surface area contributed by atoms with E-state index < -0.39 is 0 Å². The quantitative estimate of drug-likeness (QED) is 0.600. The molecule has 3 N–H and O–H groups in total. The van der Waals surface area contributed by atoms with Gasteiger partial charge in [0, 0.05) is 13.2 Å². The molecule has 1 aromatic rings. The number of nitrogens with zero attached hydrogens (tertiary/aromatic N) is 2. The number of hydrogen-bond acceptors (Lipinski definition) is 3. The second kappa shape index (κ2) is 4.96. The molecule has 0 aromatic carbocycles. The van der Waals surface area contributed by atoms with E-state index in [0.29, 0.717) is 11.9 Å². The van der Waals surface area contributed by atoms with Crippen LogP contribution in [-0.4, -0.2) is 23.9 Å². The Balaban J connectivity index is 2.21. The standard InChI is InChI=1S/C12H18N4/c1-14-10-7-4-8-15-11(10)12(13)16-9-5-2-3-6-9/h4,7-9,14H,2-3,5-6H2,1H3,(H2,13,16). The Hall–Kier alpha value is -1.58. The third-order valence-corrected chi connectivity index (χ3v) is 2.97. The van der Waals surface area contributed by atoms with E-state index in [1.165, 1.54) is 12.8 Å². The molecule has 1 fully saturated rings. The van der Waals surface area contributed by atoms with Gasteiger partial charge >= 0.3 is 0 Å². The SMILES string of the molecule is CNc1cccnc1C(N)=NC1CCCC1. The summed E-state index contributed by atoms with van der Waals surface area (Å²) in [6.45, 7) is 0. The van der Waals surface area contributed by atoms with Crippen molar-refractivity contribution in [3.63, 3.8) is 0 Å². The molecule has 1 aliphatic rings. The summed E-state index contributed by atoms with van der Waals surface area (Å²) in [4.78, 5) is 8.82. The Morgan fingerprint density at radius 3 is 2.94 bits per heavy atom. The number of aromatic nitrogens is 1. The van der Waals surface area contributed by atoms with Crippen molar-refractivity contribution in [1.82, 2.24) is 4.98 Å². The number of amidine groups is 1. The number of pyridine rings is 1. The van der Waals surface area contributed by atoms with Crippen molar-refractivity contribution >= 4 is 11.5 Å². The smallest absolute Gasteiger partial charge is 0.147 e. The van der Waals surface area contributed by atoms with E-state index in [-0.39, 0.29) is 0 Å². The molecule has 86 valence electrons. The monoisotopic (exact) mass is 218 g/mol. The van der Waals surface area contributed by atoms with Crippen molar-refractivity contribution in [3.05, 3.63) is 24.0 Å². The summed E-state index contributed by atoms with van der Waals surface area (Å²) in [5, 5.41) is 3.08. The van der Waals surface area contributed by atoms with Gasteiger partial charge in [-0.3, -0.25) is 9.98 Å². The van der Waals surface area contributed by atoms with Crippen LogP contribution in [-0.2, 0) is 0 Å². The highest BCUT2D eigenvalue weighted by Gasteiger charge is 2.15. The molecular formula is C12H18N4. The van der Waals surface area contributed by atoms with E-state index in [1.807, 2.05) is 19.2 Å². The molecule has 1 aliphatic carbocycles. The molecule has 1 heterocycles. The maximum atomic E-state index is 6.00. The second-order valence-electron chi connectivity index (χ2n) is 4.10. The van der Waals surface area contributed by atoms with E-state index in [2.05, 4.69) is 15.3 Å². The summed E-state index contributed by atoms with van der Waals surface area (Å²) < 4.78 is 0. The molecule has 0 atom stereocenters. The second-order valence-corrected chi connectivity index (χ2v) is 4.10. The fraction of sp³-hybridized carbons (Fsp3) is 0.500.